The van der Waals surface area contributed by atoms with E-state index in [9.17, 15) is 4.79 Å². The summed E-state index contributed by atoms with van der Waals surface area (Å²) in [6, 6.07) is 5.55. The standard InChI is InChI=1S/C18H19N7O/c1-12-7-14(24-23-12)9-20-17-15-4-6-25(10-16(15)21-11-22-17)18(26)13-3-2-5-19-8-13/h2-3,5,7-8,11H,4,6,9-10H2,1H3,(H,23,24)(H,20,21,22). The van der Waals surface area contributed by atoms with Gasteiger partial charge in [0.1, 0.15) is 12.1 Å². The van der Waals surface area contributed by atoms with E-state index in [1.54, 1.807) is 29.4 Å². The monoisotopic (exact) mass is 349 g/mol. The number of hydrogen-bond acceptors (Lipinski definition) is 6. The topological polar surface area (TPSA) is 99.7 Å². The molecule has 0 fully saturated rings. The molecule has 0 unspecified atom stereocenters. The summed E-state index contributed by atoms with van der Waals surface area (Å²) in [4.78, 5) is 27.2. The molecule has 132 valence electrons. The maximum Gasteiger partial charge on any atom is 0.255 e. The van der Waals surface area contributed by atoms with E-state index >= 15 is 0 Å². The van der Waals surface area contributed by atoms with Gasteiger partial charge in [0, 0.05) is 30.2 Å². The van der Waals surface area contributed by atoms with Gasteiger partial charge in [0.2, 0.25) is 0 Å². The Morgan fingerprint density at radius 2 is 2.31 bits per heavy atom. The van der Waals surface area contributed by atoms with Gasteiger partial charge < -0.3 is 10.2 Å². The largest absolute Gasteiger partial charge is 0.364 e. The smallest absolute Gasteiger partial charge is 0.255 e. The van der Waals surface area contributed by atoms with Crippen molar-refractivity contribution >= 4 is 11.7 Å². The molecule has 8 heteroatoms. The minimum absolute atomic E-state index is 0.0242. The number of anilines is 1. The predicted octanol–water partition coefficient (Wildman–Crippen LogP) is 1.71. The van der Waals surface area contributed by atoms with E-state index in [0.717, 1.165) is 28.5 Å². The minimum Gasteiger partial charge on any atom is -0.364 e. The van der Waals surface area contributed by atoms with Crippen LogP contribution in [0.4, 0.5) is 5.82 Å². The Morgan fingerprint density at radius 3 is 3.08 bits per heavy atom. The maximum absolute atomic E-state index is 12.6. The summed E-state index contributed by atoms with van der Waals surface area (Å²) < 4.78 is 0. The molecule has 0 radical (unpaired) electrons. The molecule has 0 bridgehead atoms. The van der Waals surface area contributed by atoms with Crippen LogP contribution in [0, 0.1) is 6.92 Å². The highest BCUT2D eigenvalue weighted by molar-refractivity contribution is 5.94. The first kappa shape index (κ1) is 16.2. The highest BCUT2D eigenvalue weighted by Crippen LogP contribution is 2.24. The number of amides is 1. The summed E-state index contributed by atoms with van der Waals surface area (Å²) in [7, 11) is 0. The zero-order valence-corrected chi connectivity index (χ0v) is 14.4. The first-order valence-corrected chi connectivity index (χ1v) is 8.47. The van der Waals surface area contributed by atoms with Crippen molar-refractivity contribution < 1.29 is 4.79 Å². The Kier molecular flexibility index (Phi) is 4.30. The number of nitrogens with zero attached hydrogens (tertiary/aromatic N) is 5. The van der Waals surface area contributed by atoms with Gasteiger partial charge in [-0.05, 0) is 31.5 Å². The SMILES string of the molecule is Cc1cc(CNc2ncnc3c2CCN(C(=O)c2cccnc2)C3)n[nH]1. The highest BCUT2D eigenvalue weighted by atomic mass is 16.2. The lowest BCUT2D eigenvalue weighted by molar-refractivity contribution is 0.0731. The number of H-pyrrole nitrogens is 1. The molecule has 26 heavy (non-hydrogen) atoms. The average molecular weight is 349 g/mol. The molecular formula is C18H19N7O. The third-order valence-electron chi connectivity index (χ3n) is 4.40. The number of pyridine rings is 1. The number of fused-ring (bicyclic) bond motifs is 1. The van der Waals surface area contributed by atoms with Crippen molar-refractivity contribution in [3.05, 3.63) is 65.1 Å². The number of rotatable bonds is 4. The Morgan fingerprint density at radius 1 is 1.38 bits per heavy atom. The number of carbonyl (C=O) groups is 1. The van der Waals surface area contributed by atoms with Crippen LogP contribution < -0.4 is 5.32 Å². The normalized spacial score (nSPS) is 13.3. The fourth-order valence-corrected chi connectivity index (χ4v) is 3.09. The lowest BCUT2D eigenvalue weighted by atomic mass is 10.0. The summed E-state index contributed by atoms with van der Waals surface area (Å²) in [5, 5.41) is 10.5. The van der Waals surface area contributed by atoms with Crippen LogP contribution in [-0.4, -0.2) is 42.5 Å². The maximum atomic E-state index is 12.6. The molecule has 1 aliphatic heterocycles. The van der Waals surface area contributed by atoms with Crippen LogP contribution >= 0.6 is 0 Å². The van der Waals surface area contributed by atoms with Crippen molar-refractivity contribution in [1.82, 2.24) is 30.0 Å². The fourth-order valence-electron chi connectivity index (χ4n) is 3.09. The molecule has 0 aromatic carbocycles. The first-order chi connectivity index (χ1) is 12.7. The molecule has 3 aromatic heterocycles. The van der Waals surface area contributed by atoms with E-state index in [0.29, 0.717) is 31.6 Å². The Bertz CT molecular complexity index is 922. The van der Waals surface area contributed by atoms with E-state index in [1.165, 1.54) is 6.33 Å². The van der Waals surface area contributed by atoms with Crippen molar-refractivity contribution in [1.29, 1.82) is 0 Å². The Labute approximate surface area is 150 Å². The van der Waals surface area contributed by atoms with Crippen molar-refractivity contribution in [2.75, 3.05) is 11.9 Å². The summed E-state index contributed by atoms with van der Waals surface area (Å²) in [5.41, 5.74) is 4.49. The molecule has 1 aliphatic rings. The molecule has 0 saturated carbocycles. The quantitative estimate of drug-likeness (QED) is 0.744. The second-order valence-corrected chi connectivity index (χ2v) is 6.26. The van der Waals surface area contributed by atoms with Crippen LogP contribution in [0.15, 0.2) is 36.9 Å². The van der Waals surface area contributed by atoms with Gasteiger partial charge in [-0.15, -0.1) is 0 Å². The average Bonchev–Trinajstić information content (AvgIpc) is 3.11. The van der Waals surface area contributed by atoms with Gasteiger partial charge in [0.15, 0.2) is 0 Å². The van der Waals surface area contributed by atoms with Gasteiger partial charge in [0.25, 0.3) is 5.91 Å². The van der Waals surface area contributed by atoms with Crippen LogP contribution in [-0.2, 0) is 19.5 Å². The van der Waals surface area contributed by atoms with Gasteiger partial charge >= 0.3 is 0 Å². The van der Waals surface area contributed by atoms with Gasteiger partial charge in [0.05, 0.1) is 30.0 Å². The molecule has 0 aliphatic carbocycles. The van der Waals surface area contributed by atoms with E-state index in [4.69, 9.17) is 0 Å². The molecule has 3 aromatic rings. The Balaban J connectivity index is 1.49. The highest BCUT2D eigenvalue weighted by Gasteiger charge is 2.25. The molecule has 4 heterocycles. The summed E-state index contributed by atoms with van der Waals surface area (Å²) in [6.45, 7) is 3.66. The molecule has 0 atom stereocenters. The summed E-state index contributed by atoms with van der Waals surface area (Å²) in [6.07, 6.45) is 5.50. The van der Waals surface area contributed by atoms with Gasteiger partial charge in [-0.3, -0.25) is 14.9 Å². The van der Waals surface area contributed by atoms with E-state index < -0.39 is 0 Å². The van der Waals surface area contributed by atoms with E-state index in [1.807, 2.05) is 13.0 Å². The Hall–Kier alpha value is -3.29. The zero-order valence-electron chi connectivity index (χ0n) is 14.4. The molecular weight excluding hydrogens is 330 g/mol. The number of aromatic nitrogens is 5. The van der Waals surface area contributed by atoms with Crippen LogP contribution in [0.5, 0.6) is 0 Å². The summed E-state index contributed by atoms with van der Waals surface area (Å²) in [5.74, 6) is 0.785. The van der Waals surface area contributed by atoms with E-state index in [2.05, 4.69) is 30.5 Å². The fraction of sp³-hybridized carbons (Fsp3) is 0.278. The van der Waals surface area contributed by atoms with Crippen LogP contribution in [0.2, 0.25) is 0 Å². The van der Waals surface area contributed by atoms with Crippen molar-refractivity contribution in [2.24, 2.45) is 0 Å². The van der Waals surface area contributed by atoms with Gasteiger partial charge in [-0.2, -0.15) is 5.10 Å². The number of carbonyl (C=O) groups excluding carboxylic acids is 1. The predicted molar refractivity (Wildman–Crippen MR) is 95.4 cm³/mol. The van der Waals surface area contributed by atoms with E-state index in [-0.39, 0.29) is 5.91 Å². The van der Waals surface area contributed by atoms with Crippen molar-refractivity contribution in [3.8, 4) is 0 Å². The molecule has 8 nitrogen and oxygen atoms in total. The van der Waals surface area contributed by atoms with Gasteiger partial charge in [-0.25, -0.2) is 9.97 Å². The van der Waals surface area contributed by atoms with Crippen molar-refractivity contribution in [2.45, 2.75) is 26.4 Å². The third-order valence-corrected chi connectivity index (χ3v) is 4.40. The lowest BCUT2D eigenvalue weighted by Gasteiger charge is -2.29. The second-order valence-electron chi connectivity index (χ2n) is 6.26. The minimum atomic E-state index is -0.0242. The zero-order chi connectivity index (χ0) is 17.9. The number of hydrogen-bond donors (Lipinski definition) is 2. The van der Waals surface area contributed by atoms with Crippen LogP contribution in [0.1, 0.15) is 33.0 Å². The molecule has 4 rings (SSSR count). The number of nitrogens with one attached hydrogen (secondary N) is 2. The lowest BCUT2D eigenvalue weighted by Crippen LogP contribution is -2.37. The van der Waals surface area contributed by atoms with Crippen molar-refractivity contribution in [3.63, 3.8) is 0 Å². The molecule has 0 saturated heterocycles. The molecule has 2 N–H and O–H groups in total. The number of aryl methyl sites for hydroxylation is 1. The molecule has 1 amide bonds. The molecule has 0 spiro atoms. The second kappa shape index (κ2) is 6.91. The number of aromatic amines is 1. The van der Waals surface area contributed by atoms with Crippen LogP contribution in [0.3, 0.4) is 0 Å². The summed E-state index contributed by atoms with van der Waals surface area (Å²) >= 11 is 0. The first-order valence-electron chi connectivity index (χ1n) is 8.47. The van der Waals surface area contributed by atoms with Crippen LogP contribution in [0.25, 0.3) is 0 Å². The van der Waals surface area contributed by atoms with Gasteiger partial charge in [-0.1, -0.05) is 0 Å². The third kappa shape index (κ3) is 3.26.